The standard InChI is InChI=1S/C10H22N2O3S/c1-2-11-7-8-16(14,15)12-9-3-5-10(13)6-4-9/h9-13H,2-8H2,1H3. The van der Waals surface area contributed by atoms with Gasteiger partial charge in [-0.1, -0.05) is 6.92 Å². The van der Waals surface area contributed by atoms with E-state index in [0.717, 1.165) is 19.4 Å². The molecule has 0 saturated heterocycles. The van der Waals surface area contributed by atoms with Gasteiger partial charge in [0.05, 0.1) is 11.9 Å². The van der Waals surface area contributed by atoms with Crippen LogP contribution in [0.15, 0.2) is 0 Å². The first-order chi connectivity index (χ1) is 7.53. The van der Waals surface area contributed by atoms with E-state index in [1.165, 1.54) is 0 Å². The first-order valence-corrected chi connectivity index (χ1v) is 7.57. The summed E-state index contributed by atoms with van der Waals surface area (Å²) in [5.41, 5.74) is 0. The minimum Gasteiger partial charge on any atom is -0.393 e. The third-order valence-corrected chi connectivity index (χ3v) is 4.27. The molecule has 0 spiro atoms. The van der Waals surface area contributed by atoms with Gasteiger partial charge in [-0.15, -0.1) is 0 Å². The van der Waals surface area contributed by atoms with Crippen LogP contribution in [0.5, 0.6) is 0 Å². The SMILES string of the molecule is CCNCCS(=O)(=O)NC1CCC(O)CC1. The van der Waals surface area contributed by atoms with Crippen LogP contribution in [0.2, 0.25) is 0 Å². The summed E-state index contributed by atoms with van der Waals surface area (Å²) in [4.78, 5) is 0. The van der Waals surface area contributed by atoms with E-state index in [1.54, 1.807) is 0 Å². The van der Waals surface area contributed by atoms with Crippen LogP contribution in [0.1, 0.15) is 32.6 Å². The second-order valence-corrected chi connectivity index (χ2v) is 6.17. The van der Waals surface area contributed by atoms with Crippen LogP contribution in [-0.4, -0.2) is 44.5 Å². The first kappa shape index (κ1) is 13.9. The number of rotatable bonds is 6. The van der Waals surface area contributed by atoms with Crippen LogP contribution in [0, 0.1) is 0 Å². The molecular weight excluding hydrogens is 228 g/mol. The Morgan fingerprint density at radius 2 is 1.88 bits per heavy atom. The molecule has 0 amide bonds. The van der Waals surface area contributed by atoms with Gasteiger partial charge >= 0.3 is 0 Å². The Bertz CT molecular complexity index is 284. The number of nitrogens with one attached hydrogen (secondary N) is 2. The van der Waals surface area contributed by atoms with E-state index in [0.29, 0.717) is 19.4 Å². The maximum Gasteiger partial charge on any atom is 0.213 e. The number of aliphatic hydroxyl groups excluding tert-OH is 1. The Morgan fingerprint density at radius 3 is 2.44 bits per heavy atom. The summed E-state index contributed by atoms with van der Waals surface area (Å²) in [5, 5.41) is 12.3. The van der Waals surface area contributed by atoms with Gasteiger partial charge in [0.25, 0.3) is 0 Å². The van der Waals surface area contributed by atoms with Crippen molar-refractivity contribution < 1.29 is 13.5 Å². The van der Waals surface area contributed by atoms with E-state index < -0.39 is 10.0 Å². The summed E-state index contributed by atoms with van der Waals surface area (Å²) < 4.78 is 26.0. The van der Waals surface area contributed by atoms with Crippen LogP contribution in [0.4, 0.5) is 0 Å². The molecule has 0 heterocycles. The average molecular weight is 250 g/mol. The highest BCUT2D eigenvalue weighted by atomic mass is 32.2. The second kappa shape index (κ2) is 6.54. The number of aliphatic hydroxyl groups is 1. The van der Waals surface area contributed by atoms with Crippen molar-refractivity contribution in [1.82, 2.24) is 10.0 Å². The lowest BCUT2D eigenvalue weighted by Crippen LogP contribution is -2.41. The molecule has 0 unspecified atom stereocenters. The van der Waals surface area contributed by atoms with Crippen LogP contribution in [-0.2, 0) is 10.0 Å². The summed E-state index contributed by atoms with van der Waals surface area (Å²) >= 11 is 0. The molecule has 0 atom stereocenters. The summed E-state index contributed by atoms with van der Waals surface area (Å²) in [5.74, 6) is 0.125. The second-order valence-electron chi connectivity index (χ2n) is 4.30. The van der Waals surface area contributed by atoms with Crippen LogP contribution >= 0.6 is 0 Å². The van der Waals surface area contributed by atoms with Crippen molar-refractivity contribution in [3.63, 3.8) is 0 Å². The van der Waals surface area contributed by atoms with Gasteiger partial charge in [-0.25, -0.2) is 13.1 Å². The van der Waals surface area contributed by atoms with Gasteiger partial charge in [-0.2, -0.15) is 0 Å². The molecule has 5 nitrogen and oxygen atoms in total. The molecule has 1 saturated carbocycles. The molecule has 96 valence electrons. The minimum absolute atomic E-state index is 0.00928. The summed E-state index contributed by atoms with van der Waals surface area (Å²) in [6.07, 6.45) is 2.62. The van der Waals surface area contributed by atoms with Gasteiger partial charge in [0.15, 0.2) is 0 Å². The smallest absolute Gasteiger partial charge is 0.213 e. The zero-order chi connectivity index (χ0) is 12.0. The number of hydrogen-bond acceptors (Lipinski definition) is 4. The molecule has 1 rings (SSSR count). The molecule has 1 aliphatic carbocycles. The van der Waals surface area contributed by atoms with Crippen LogP contribution in [0.3, 0.4) is 0 Å². The van der Waals surface area contributed by atoms with Crippen molar-refractivity contribution in [3.8, 4) is 0 Å². The fraction of sp³-hybridized carbons (Fsp3) is 1.00. The highest BCUT2D eigenvalue weighted by molar-refractivity contribution is 7.89. The molecule has 0 aromatic rings. The van der Waals surface area contributed by atoms with E-state index in [-0.39, 0.29) is 17.9 Å². The predicted octanol–water partition coefficient (Wildman–Crippen LogP) is -0.181. The van der Waals surface area contributed by atoms with Crippen LogP contribution < -0.4 is 10.0 Å². The van der Waals surface area contributed by atoms with Crippen molar-refractivity contribution in [3.05, 3.63) is 0 Å². The molecule has 1 aliphatic rings. The van der Waals surface area contributed by atoms with E-state index >= 15 is 0 Å². The quantitative estimate of drug-likeness (QED) is 0.571. The predicted molar refractivity (Wildman–Crippen MR) is 63.7 cm³/mol. The topological polar surface area (TPSA) is 78.4 Å². The number of sulfonamides is 1. The van der Waals surface area contributed by atoms with Gasteiger partial charge < -0.3 is 10.4 Å². The average Bonchev–Trinajstić information content (AvgIpc) is 2.21. The third-order valence-electron chi connectivity index (χ3n) is 2.84. The zero-order valence-corrected chi connectivity index (χ0v) is 10.6. The van der Waals surface area contributed by atoms with Crippen molar-refractivity contribution in [1.29, 1.82) is 0 Å². The highest BCUT2D eigenvalue weighted by Crippen LogP contribution is 2.18. The van der Waals surface area contributed by atoms with Gasteiger partial charge in [0.1, 0.15) is 0 Å². The lowest BCUT2D eigenvalue weighted by Gasteiger charge is -2.25. The van der Waals surface area contributed by atoms with Crippen molar-refractivity contribution in [2.24, 2.45) is 0 Å². The Morgan fingerprint density at radius 1 is 1.25 bits per heavy atom. The van der Waals surface area contributed by atoms with E-state index in [9.17, 15) is 13.5 Å². The maximum absolute atomic E-state index is 11.6. The summed E-state index contributed by atoms with van der Waals surface area (Å²) in [7, 11) is -3.17. The Hall–Kier alpha value is -0.170. The maximum atomic E-state index is 11.6. The molecule has 16 heavy (non-hydrogen) atoms. The summed E-state index contributed by atoms with van der Waals surface area (Å²) in [6, 6.07) is 0.00928. The van der Waals surface area contributed by atoms with E-state index in [4.69, 9.17) is 0 Å². The fourth-order valence-corrected chi connectivity index (χ4v) is 3.16. The first-order valence-electron chi connectivity index (χ1n) is 5.92. The molecule has 0 radical (unpaired) electrons. The summed E-state index contributed by atoms with van der Waals surface area (Å²) in [6.45, 7) is 3.22. The molecule has 0 aliphatic heterocycles. The van der Waals surface area contributed by atoms with Crippen molar-refractivity contribution in [2.45, 2.75) is 44.8 Å². The molecular formula is C10H22N2O3S. The van der Waals surface area contributed by atoms with Gasteiger partial charge in [-0.05, 0) is 32.2 Å². The Balaban J connectivity index is 2.29. The lowest BCUT2D eigenvalue weighted by atomic mass is 9.94. The Labute approximate surface area is 97.7 Å². The fourth-order valence-electron chi connectivity index (χ4n) is 1.89. The van der Waals surface area contributed by atoms with Gasteiger partial charge in [0, 0.05) is 12.6 Å². The van der Waals surface area contributed by atoms with Crippen molar-refractivity contribution in [2.75, 3.05) is 18.8 Å². The Kier molecular flexibility index (Phi) is 5.68. The molecule has 1 fully saturated rings. The van der Waals surface area contributed by atoms with Gasteiger partial charge in [0.2, 0.25) is 10.0 Å². The zero-order valence-electron chi connectivity index (χ0n) is 9.78. The normalized spacial score (nSPS) is 26.9. The molecule has 0 aromatic heterocycles. The third kappa shape index (κ3) is 5.25. The molecule has 0 aromatic carbocycles. The lowest BCUT2D eigenvalue weighted by molar-refractivity contribution is 0.120. The van der Waals surface area contributed by atoms with Gasteiger partial charge in [-0.3, -0.25) is 0 Å². The monoisotopic (exact) mass is 250 g/mol. The molecule has 0 bridgehead atoms. The highest BCUT2D eigenvalue weighted by Gasteiger charge is 2.23. The van der Waals surface area contributed by atoms with E-state index in [2.05, 4.69) is 10.0 Å². The largest absolute Gasteiger partial charge is 0.393 e. The number of hydrogen-bond donors (Lipinski definition) is 3. The minimum atomic E-state index is -3.17. The molecule has 6 heteroatoms. The van der Waals surface area contributed by atoms with E-state index in [1.807, 2.05) is 6.92 Å². The van der Waals surface area contributed by atoms with Crippen molar-refractivity contribution >= 4 is 10.0 Å². The van der Waals surface area contributed by atoms with Crippen LogP contribution in [0.25, 0.3) is 0 Å². The molecule has 3 N–H and O–H groups in total.